The highest BCUT2D eigenvalue weighted by molar-refractivity contribution is 7.80. The van der Waals surface area contributed by atoms with E-state index in [0.29, 0.717) is 0 Å². The molecule has 242 valence electrons. The van der Waals surface area contributed by atoms with E-state index in [2.05, 4.69) is 23.3 Å². The van der Waals surface area contributed by atoms with Crippen molar-refractivity contribution in [2.45, 2.75) is 93.3 Å². The van der Waals surface area contributed by atoms with E-state index >= 15 is 0 Å². The topological polar surface area (TPSA) is 281 Å². The minimum Gasteiger partial charge on any atom is -0.477 e. The number of aliphatic hydroxyl groups excluding tert-OH is 5. The molecule has 3 fully saturated rings. The Labute approximate surface area is 243 Å². The van der Waals surface area contributed by atoms with E-state index in [1.165, 1.54) is 6.92 Å². The van der Waals surface area contributed by atoms with E-state index in [4.69, 9.17) is 33.5 Å². The maximum atomic E-state index is 12.0. The van der Waals surface area contributed by atoms with Crippen LogP contribution in [0.5, 0.6) is 0 Å². The molecule has 3 saturated heterocycles. The standard InChI is InChI=1S/C22H36N2O17S/c1-8(26)23-12-13(29)15(11(6-25)37-18(12)35-3-4-42)38-19-14(30)16(31)21(34,7-36-19)40-22(20(32)33)5-10(28)17(39-41-22)24-9(2)27/h10-19,25,28-31,34,42H,3-7H2,1-2H3,(H,23,26)(H,24,27)(H,32,33)/t10-,11?,12?,13?,14?,15?,16?,17?,18?,19?,21-,22-/m1/s1. The normalized spacial score (nSPS) is 42.5. The zero-order valence-electron chi connectivity index (χ0n) is 22.5. The van der Waals surface area contributed by atoms with Gasteiger partial charge in [0.15, 0.2) is 18.8 Å². The van der Waals surface area contributed by atoms with Gasteiger partial charge in [0, 0.05) is 26.0 Å². The first-order valence-electron chi connectivity index (χ1n) is 12.7. The molecular formula is C22H36N2O17S. The Morgan fingerprint density at radius 1 is 1.05 bits per heavy atom. The number of hydrogen-bond acceptors (Lipinski definition) is 17. The molecule has 0 saturated carbocycles. The SMILES string of the molecule is CC(=O)NC1C(OCCS)OC(CO)C(OC2OC[C@@](O)(O[C@]3(C(=O)O)C[C@@H](O)C(NC(C)=O)OO3)C(O)C2O)C1O. The molecule has 3 rings (SSSR count). The Hall–Kier alpha value is -1.76. The number of nitrogens with one attached hydrogen (secondary N) is 2. The van der Waals surface area contributed by atoms with Crippen LogP contribution in [-0.2, 0) is 47.8 Å². The molecule has 9 N–H and O–H groups in total. The summed E-state index contributed by atoms with van der Waals surface area (Å²) in [4.78, 5) is 44.5. The van der Waals surface area contributed by atoms with Gasteiger partial charge in [0.1, 0.15) is 49.3 Å². The molecule has 2 amide bonds. The van der Waals surface area contributed by atoms with Gasteiger partial charge in [0.2, 0.25) is 17.6 Å². The van der Waals surface area contributed by atoms with Crippen molar-refractivity contribution in [3.63, 3.8) is 0 Å². The number of ether oxygens (including phenoxy) is 5. The highest BCUT2D eigenvalue weighted by Crippen LogP contribution is 2.37. The number of carboxylic acid groups (broad SMARTS) is 1. The fourth-order valence-corrected chi connectivity index (χ4v) is 4.65. The molecule has 3 aliphatic rings. The summed E-state index contributed by atoms with van der Waals surface area (Å²) in [5, 5.41) is 77.9. The van der Waals surface area contributed by atoms with E-state index in [9.17, 15) is 50.1 Å². The van der Waals surface area contributed by atoms with Gasteiger partial charge in [-0.1, -0.05) is 0 Å². The third kappa shape index (κ3) is 7.65. The summed E-state index contributed by atoms with van der Waals surface area (Å²) in [6, 6.07) is -1.22. The summed E-state index contributed by atoms with van der Waals surface area (Å²) >= 11 is 4.03. The first-order chi connectivity index (χ1) is 19.7. The number of carbonyl (C=O) groups excluding carboxylic acids is 2. The fraction of sp³-hybridized carbons (Fsp3) is 0.864. The van der Waals surface area contributed by atoms with Crippen molar-refractivity contribution in [1.29, 1.82) is 0 Å². The summed E-state index contributed by atoms with van der Waals surface area (Å²) in [5.74, 6) is -8.79. The molecule has 3 heterocycles. The van der Waals surface area contributed by atoms with Crippen LogP contribution < -0.4 is 10.6 Å². The molecule has 12 atom stereocenters. The number of rotatable bonds is 11. The molecule has 0 aromatic rings. The van der Waals surface area contributed by atoms with Crippen LogP contribution in [0.3, 0.4) is 0 Å². The zero-order chi connectivity index (χ0) is 31.4. The number of amides is 2. The molecule has 20 heteroatoms. The molecule has 0 bridgehead atoms. The van der Waals surface area contributed by atoms with E-state index in [1.807, 2.05) is 0 Å². The number of carboxylic acids is 1. The van der Waals surface area contributed by atoms with Crippen LogP contribution in [0, 0.1) is 0 Å². The lowest BCUT2D eigenvalue weighted by Gasteiger charge is -2.49. The third-order valence-corrected chi connectivity index (χ3v) is 6.72. The van der Waals surface area contributed by atoms with Gasteiger partial charge in [0.25, 0.3) is 0 Å². The third-order valence-electron chi connectivity index (χ3n) is 6.53. The average molecular weight is 633 g/mol. The lowest BCUT2D eigenvalue weighted by Crippen LogP contribution is -2.70. The summed E-state index contributed by atoms with van der Waals surface area (Å²) in [7, 11) is 0. The minimum absolute atomic E-state index is 0.0625. The number of carbonyl (C=O) groups is 3. The van der Waals surface area contributed by atoms with Crippen molar-refractivity contribution >= 4 is 30.4 Å². The number of thiol groups is 1. The van der Waals surface area contributed by atoms with E-state index in [0.717, 1.165) is 6.92 Å². The lowest BCUT2D eigenvalue weighted by molar-refractivity contribution is -0.511. The Kier molecular flexibility index (Phi) is 11.9. The molecule has 19 nitrogen and oxygen atoms in total. The van der Waals surface area contributed by atoms with E-state index < -0.39 is 110 Å². The second kappa shape index (κ2) is 14.3. The van der Waals surface area contributed by atoms with Crippen LogP contribution in [0.4, 0.5) is 0 Å². The monoisotopic (exact) mass is 632 g/mol. The van der Waals surface area contributed by atoms with Gasteiger partial charge in [-0.25, -0.2) is 9.68 Å². The van der Waals surface area contributed by atoms with Gasteiger partial charge in [0.05, 0.1) is 13.2 Å². The smallest absolute Gasteiger partial charge is 0.367 e. The van der Waals surface area contributed by atoms with Crippen LogP contribution >= 0.6 is 12.6 Å². The predicted octanol–water partition coefficient (Wildman–Crippen LogP) is -5.36. The van der Waals surface area contributed by atoms with Crippen LogP contribution in [0.1, 0.15) is 20.3 Å². The second-order valence-corrected chi connectivity index (χ2v) is 10.3. The molecular weight excluding hydrogens is 596 g/mol. The maximum absolute atomic E-state index is 12.0. The molecule has 9 unspecified atom stereocenters. The van der Waals surface area contributed by atoms with Gasteiger partial charge >= 0.3 is 11.8 Å². The molecule has 0 aromatic carbocycles. The van der Waals surface area contributed by atoms with Gasteiger partial charge in [-0.3, -0.25) is 9.59 Å². The molecule has 0 aromatic heterocycles. The van der Waals surface area contributed by atoms with Gasteiger partial charge in [-0.05, 0) is 0 Å². The largest absolute Gasteiger partial charge is 0.477 e. The van der Waals surface area contributed by atoms with Crippen LogP contribution in [0.25, 0.3) is 0 Å². The van der Waals surface area contributed by atoms with Crippen molar-refractivity contribution in [3.8, 4) is 0 Å². The number of aliphatic hydroxyl groups is 6. The highest BCUT2D eigenvalue weighted by Gasteiger charge is 2.61. The zero-order valence-corrected chi connectivity index (χ0v) is 23.4. The summed E-state index contributed by atoms with van der Waals surface area (Å²) in [5.41, 5.74) is 0. The first kappa shape index (κ1) is 34.7. The Balaban J connectivity index is 1.74. The number of aliphatic carboxylic acids is 1. The second-order valence-electron chi connectivity index (χ2n) is 9.83. The summed E-state index contributed by atoms with van der Waals surface area (Å²) in [6.45, 7) is 0.545. The van der Waals surface area contributed by atoms with Crippen LogP contribution in [0.15, 0.2) is 0 Å². The van der Waals surface area contributed by atoms with E-state index in [-0.39, 0.29) is 12.4 Å². The maximum Gasteiger partial charge on any atom is 0.367 e. The summed E-state index contributed by atoms with van der Waals surface area (Å²) in [6.07, 6.45) is -16.1. The lowest BCUT2D eigenvalue weighted by atomic mass is 9.95. The van der Waals surface area contributed by atoms with Crippen molar-refractivity contribution in [1.82, 2.24) is 10.6 Å². The van der Waals surface area contributed by atoms with Crippen LogP contribution in [-0.4, -0.2) is 152 Å². The van der Waals surface area contributed by atoms with Crippen molar-refractivity contribution in [3.05, 3.63) is 0 Å². The molecule has 0 radical (unpaired) electrons. The van der Waals surface area contributed by atoms with Gasteiger partial charge < -0.3 is 70.1 Å². The molecule has 0 spiro atoms. The minimum atomic E-state index is -3.00. The fourth-order valence-electron chi connectivity index (χ4n) is 4.54. The van der Waals surface area contributed by atoms with Gasteiger partial charge in [-0.15, -0.1) is 0 Å². The molecule has 0 aliphatic carbocycles. The van der Waals surface area contributed by atoms with Crippen molar-refractivity contribution in [2.75, 3.05) is 25.6 Å². The van der Waals surface area contributed by atoms with Crippen LogP contribution in [0.2, 0.25) is 0 Å². The summed E-state index contributed by atoms with van der Waals surface area (Å²) < 4.78 is 27.2. The number of hydrogen-bond donors (Lipinski definition) is 10. The first-order valence-corrected chi connectivity index (χ1v) is 13.3. The molecule has 42 heavy (non-hydrogen) atoms. The predicted molar refractivity (Wildman–Crippen MR) is 133 cm³/mol. The Bertz CT molecular complexity index is 964. The highest BCUT2D eigenvalue weighted by atomic mass is 32.1. The Morgan fingerprint density at radius 3 is 2.26 bits per heavy atom. The van der Waals surface area contributed by atoms with E-state index in [1.54, 1.807) is 0 Å². The van der Waals surface area contributed by atoms with Crippen molar-refractivity contribution < 1.29 is 83.6 Å². The quantitative estimate of drug-likeness (QED) is 0.0578. The Morgan fingerprint density at radius 2 is 1.71 bits per heavy atom. The van der Waals surface area contributed by atoms with Crippen molar-refractivity contribution in [2.24, 2.45) is 0 Å². The van der Waals surface area contributed by atoms with Gasteiger partial charge in [-0.2, -0.15) is 17.5 Å². The molecule has 3 aliphatic heterocycles. The average Bonchev–Trinajstić information content (AvgIpc) is 2.91.